The monoisotopic (exact) mass is 254 g/mol. The Morgan fingerprint density at radius 2 is 1.76 bits per heavy atom. The van der Waals surface area contributed by atoms with E-state index in [9.17, 15) is 0 Å². The molecule has 1 aromatic rings. The zero-order valence-electron chi connectivity index (χ0n) is 10.8. The van der Waals surface area contributed by atoms with E-state index in [1.165, 1.54) is 31.2 Å². The molecule has 0 aliphatic carbocycles. The minimum Gasteiger partial charge on any atom is -0.381 e. The number of unbranched alkanes of at least 4 members (excludes halogenated alkanes) is 3. The molecule has 96 valence electrons. The maximum atomic E-state index is 6.10. The lowest BCUT2D eigenvalue weighted by Gasteiger charge is -2.05. The first-order chi connectivity index (χ1) is 8.34. The molecule has 0 amide bonds. The van der Waals surface area contributed by atoms with Gasteiger partial charge in [-0.05, 0) is 37.3 Å². The Bertz CT molecular complexity index is 299. The predicted octanol–water partition coefficient (Wildman–Crippen LogP) is 4.87. The number of rotatable bonds is 9. The third kappa shape index (κ3) is 6.70. The molecule has 17 heavy (non-hydrogen) atoms. The first-order valence-corrected chi connectivity index (χ1v) is 7.03. The zero-order valence-corrected chi connectivity index (χ0v) is 11.5. The van der Waals surface area contributed by atoms with Crippen molar-refractivity contribution in [2.45, 2.75) is 45.4 Å². The van der Waals surface area contributed by atoms with Crippen molar-refractivity contribution in [3.05, 3.63) is 34.9 Å². The summed E-state index contributed by atoms with van der Waals surface area (Å²) in [4.78, 5) is 0. The van der Waals surface area contributed by atoms with Crippen molar-refractivity contribution in [2.24, 2.45) is 0 Å². The Hall–Kier alpha value is -0.530. The van der Waals surface area contributed by atoms with Gasteiger partial charge in [-0.3, -0.25) is 0 Å². The molecule has 0 heterocycles. The predicted molar refractivity (Wildman–Crippen MR) is 74.7 cm³/mol. The van der Waals surface area contributed by atoms with Crippen LogP contribution in [0.5, 0.6) is 0 Å². The van der Waals surface area contributed by atoms with Gasteiger partial charge in [-0.25, -0.2) is 0 Å². The van der Waals surface area contributed by atoms with Crippen molar-refractivity contribution in [3.63, 3.8) is 0 Å². The molecule has 0 unspecified atom stereocenters. The van der Waals surface area contributed by atoms with E-state index in [2.05, 4.69) is 19.1 Å². The van der Waals surface area contributed by atoms with E-state index >= 15 is 0 Å². The van der Waals surface area contributed by atoms with Gasteiger partial charge < -0.3 is 4.74 Å². The average Bonchev–Trinajstić information content (AvgIpc) is 2.35. The van der Waals surface area contributed by atoms with Gasteiger partial charge in [-0.2, -0.15) is 0 Å². The van der Waals surface area contributed by atoms with Crippen molar-refractivity contribution in [1.29, 1.82) is 0 Å². The normalized spacial score (nSPS) is 10.7. The van der Waals surface area contributed by atoms with Crippen molar-refractivity contribution < 1.29 is 4.74 Å². The fraction of sp³-hybridized carbons (Fsp3) is 0.600. The van der Waals surface area contributed by atoms with E-state index in [4.69, 9.17) is 16.3 Å². The highest BCUT2D eigenvalue weighted by molar-refractivity contribution is 6.31. The second-order valence-corrected chi connectivity index (χ2v) is 4.78. The summed E-state index contributed by atoms with van der Waals surface area (Å²) in [5, 5.41) is 0.895. The Morgan fingerprint density at radius 3 is 2.53 bits per heavy atom. The maximum Gasteiger partial charge on any atom is 0.0466 e. The largest absolute Gasteiger partial charge is 0.381 e. The smallest absolute Gasteiger partial charge is 0.0466 e. The van der Waals surface area contributed by atoms with Crippen LogP contribution in [-0.4, -0.2) is 13.2 Å². The molecule has 0 spiro atoms. The number of aryl methyl sites for hydroxylation is 1. The summed E-state index contributed by atoms with van der Waals surface area (Å²) in [7, 11) is 0. The number of halogens is 1. The Balaban J connectivity index is 1.99. The van der Waals surface area contributed by atoms with Crippen LogP contribution in [0.1, 0.15) is 44.6 Å². The van der Waals surface area contributed by atoms with Crippen LogP contribution in [0.25, 0.3) is 0 Å². The average molecular weight is 255 g/mol. The molecule has 0 atom stereocenters. The first kappa shape index (κ1) is 14.5. The number of hydrogen-bond acceptors (Lipinski definition) is 1. The minimum atomic E-state index is 0.895. The second kappa shape index (κ2) is 9.49. The lowest BCUT2D eigenvalue weighted by Crippen LogP contribution is -1.97. The van der Waals surface area contributed by atoms with E-state index in [1.54, 1.807) is 0 Å². The summed E-state index contributed by atoms with van der Waals surface area (Å²) >= 11 is 6.10. The topological polar surface area (TPSA) is 9.23 Å². The molecule has 0 radical (unpaired) electrons. The minimum absolute atomic E-state index is 0.895. The summed E-state index contributed by atoms with van der Waals surface area (Å²) in [6.07, 6.45) is 7.05. The van der Waals surface area contributed by atoms with Gasteiger partial charge in [0.15, 0.2) is 0 Å². The first-order valence-electron chi connectivity index (χ1n) is 6.65. The standard InChI is InChI=1S/C15H23ClO/c1-2-3-12-17-13-8-4-5-9-14-10-6-7-11-15(14)16/h6-7,10-11H,2-5,8-9,12-13H2,1H3. The Labute approximate surface area is 110 Å². The highest BCUT2D eigenvalue weighted by Gasteiger charge is 1.98. The van der Waals surface area contributed by atoms with E-state index in [0.29, 0.717) is 0 Å². The molecule has 0 saturated carbocycles. The Kier molecular flexibility index (Phi) is 8.12. The highest BCUT2D eigenvalue weighted by Crippen LogP contribution is 2.17. The summed E-state index contributed by atoms with van der Waals surface area (Å²) in [6, 6.07) is 8.10. The van der Waals surface area contributed by atoms with Crippen LogP contribution in [0.4, 0.5) is 0 Å². The summed E-state index contributed by atoms with van der Waals surface area (Å²) in [5.41, 5.74) is 1.26. The fourth-order valence-electron chi connectivity index (χ4n) is 1.75. The number of hydrogen-bond donors (Lipinski definition) is 0. The molecule has 0 aromatic heterocycles. The van der Waals surface area contributed by atoms with E-state index in [-0.39, 0.29) is 0 Å². The van der Waals surface area contributed by atoms with Crippen molar-refractivity contribution >= 4 is 11.6 Å². The van der Waals surface area contributed by atoms with Gasteiger partial charge in [-0.1, -0.05) is 49.6 Å². The van der Waals surface area contributed by atoms with Crippen LogP contribution in [0.3, 0.4) is 0 Å². The quantitative estimate of drug-likeness (QED) is 0.572. The van der Waals surface area contributed by atoms with Gasteiger partial charge in [0.2, 0.25) is 0 Å². The van der Waals surface area contributed by atoms with E-state index in [1.807, 2.05) is 12.1 Å². The van der Waals surface area contributed by atoms with E-state index < -0.39 is 0 Å². The molecule has 1 rings (SSSR count). The molecule has 0 bridgehead atoms. The van der Waals surface area contributed by atoms with Crippen LogP contribution in [0, 0.1) is 0 Å². The SMILES string of the molecule is CCCCOCCCCCc1ccccc1Cl. The van der Waals surface area contributed by atoms with Crippen LogP contribution in [0.2, 0.25) is 5.02 Å². The van der Waals surface area contributed by atoms with Crippen LogP contribution >= 0.6 is 11.6 Å². The molecule has 1 nitrogen and oxygen atoms in total. The highest BCUT2D eigenvalue weighted by atomic mass is 35.5. The number of benzene rings is 1. The molecular weight excluding hydrogens is 232 g/mol. The molecule has 0 saturated heterocycles. The zero-order chi connectivity index (χ0) is 12.3. The van der Waals surface area contributed by atoms with Gasteiger partial charge in [-0.15, -0.1) is 0 Å². The molecule has 1 aromatic carbocycles. The molecule has 0 fully saturated rings. The molecule has 2 heteroatoms. The molecule has 0 N–H and O–H groups in total. The van der Waals surface area contributed by atoms with Gasteiger partial charge in [0.25, 0.3) is 0 Å². The van der Waals surface area contributed by atoms with E-state index in [0.717, 1.165) is 31.1 Å². The van der Waals surface area contributed by atoms with Crippen molar-refractivity contribution in [1.82, 2.24) is 0 Å². The van der Waals surface area contributed by atoms with Gasteiger partial charge in [0.05, 0.1) is 0 Å². The van der Waals surface area contributed by atoms with Crippen LogP contribution in [-0.2, 0) is 11.2 Å². The lowest BCUT2D eigenvalue weighted by molar-refractivity contribution is 0.127. The van der Waals surface area contributed by atoms with Crippen LogP contribution < -0.4 is 0 Å². The number of ether oxygens (including phenoxy) is 1. The summed E-state index contributed by atoms with van der Waals surface area (Å²) in [6.45, 7) is 4.01. The van der Waals surface area contributed by atoms with Crippen molar-refractivity contribution in [2.75, 3.05) is 13.2 Å². The second-order valence-electron chi connectivity index (χ2n) is 4.37. The maximum absolute atomic E-state index is 6.10. The third-order valence-corrected chi connectivity index (χ3v) is 3.20. The van der Waals surface area contributed by atoms with Crippen molar-refractivity contribution in [3.8, 4) is 0 Å². The third-order valence-electron chi connectivity index (χ3n) is 2.83. The lowest BCUT2D eigenvalue weighted by atomic mass is 10.1. The van der Waals surface area contributed by atoms with Gasteiger partial charge in [0, 0.05) is 18.2 Å². The van der Waals surface area contributed by atoms with Gasteiger partial charge in [0.1, 0.15) is 0 Å². The van der Waals surface area contributed by atoms with Crippen LogP contribution in [0.15, 0.2) is 24.3 Å². The summed E-state index contributed by atoms with van der Waals surface area (Å²) < 4.78 is 5.52. The Morgan fingerprint density at radius 1 is 1.00 bits per heavy atom. The molecular formula is C15H23ClO. The molecule has 0 aliphatic rings. The fourth-order valence-corrected chi connectivity index (χ4v) is 1.98. The van der Waals surface area contributed by atoms with Gasteiger partial charge >= 0.3 is 0 Å². The molecule has 0 aliphatic heterocycles. The summed E-state index contributed by atoms with van der Waals surface area (Å²) in [5.74, 6) is 0.